The molecule has 1 aliphatic rings. The van der Waals surface area contributed by atoms with Gasteiger partial charge in [-0.25, -0.2) is 0 Å². The lowest BCUT2D eigenvalue weighted by molar-refractivity contribution is 0.0987. The number of nitrogens with one attached hydrogen (secondary N) is 1. The van der Waals surface area contributed by atoms with Gasteiger partial charge >= 0.3 is 0 Å². The highest BCUT2D eigenvalue weighted by Crippen LogP contribution is 2.29. The van der Waals surface area contributed by atoms with Crippen LogP contribution in [0.2, 0.25) is 0 Å². The fourth-order valence-electron chi connectivity index (χ4n) is 3.72. The first kappa shape index (κ1) is 18.8. The second-order valence-electron chi connectivity index (χ2n) is 7.31. The largest absolute Gasteiger partial charge is 0.355 e. The number of aromatic nitrogens is 1. The topological polar surface area (TPSA) is 75.4 Å². The van der Waals surface area contributed by atoms with Gasteiger partial charge in [0.1, 0.15) is 0 Å². The van der Waals surface area contributed by atoms with E-state index in [-0.39, 0.29) is 17.5 Å². The van der Waals surface area contributed by atoms with Gasteiger partial charge in [0.15, 0.2) is 11.5 Å². The number of nitrogens with zero attached hydrogens (tertiary/aromatic N) is 2. The summed E-state index contributed by atoms with van der Waals surface area (Å²) in [6, 6.07) is 25.9. The first-order valence-corrected chi connectivity index (χ1v) is 10.0. The van der Waals surface area contributed by atoms with Gasteiger partial charge in [0.25, 0.3) is 11.8 Å². The fourth-order valence-corrected chi connectivity index (χ4v) is 3.72. The summed E-state index contributed by atoms with van der Waals surface area (Å²) in [5.74, 6) is 0.0999. The number of carbonyl (C=O) groups excluding carboxylic acids is 2. The predicted octanol–water partition coefficient (Wildman–Crippen LogP) is 4.80. The lowest BCUT2D eigenvalue weighted by atomic mass is 10.1. The monoisotopic (exact) mass is 409 g/mol. The quantitative estimate of drug-likeness (QED) is 0.526. The smallest absolute Gasteiger partial charge is 0.277 e. The molecule has 4 aromatic rings. The van der Waals surface area contributed by atoms with Crippen LogP contribution in [0, 0.1) is 0 Å². The van der Waals surface area contributed by atoms with Crippen LogP contribution in [-0.2, 0) is 6.42 Å². The number of anilines is 2. The van der Waals surface area contributed by atoms with Crippen molar-refractivity contribution < 1.29 is 14.1 Å². The average Bonchev–Trinajstić information content (AvgIpc) is 3.48. The van der Waals surface area contributed by atoms with Crippen molar-refractivity contribution in [2.75, 3.05) is 16.8 Å². The van der Waals surface area contributed by atoms with E-state index in [1.807, 2.05) is 54.6 Å². The van der Waals surface area contributed by atoms with Crippen LogP contribution in [0.15, 0.2) is 89.5 Å². The van der Waals surface area contributed by atoms with Gasteiger partial charge in [-0.05, 0) is 42.3 Å². The van der Waals surface area contributed by atoms with Gasteiger partial charge in [-0.2, -0.15) is 0 Å². The fraction of sp³-hybridized carbons (Fsp3) is 0.0800. The molecule has 0 bridgehead atoms. The highest BCUT2D eigenvalue weighted by atomic mass is 16.5. The molecule has 0 aliphatic carbocycles. The first-order valence-electron chi connectivity index (χ1n) is 10.0. The second kappa shape index (κ2) is 7.91. The van der Waals surface area contributed by atoms with Crippen LogP contribution < -0.4 is 10.2 Å². The van der Waals surface area contributed by atoms with Crippen molar-refractivity contribution in [3.63, 3.8) is 0 Å². The van der Waals surface area contributed by atoms with Gasteiger partial charge in [0.2, 0.25) is 0 Å². The minimum Gasteiger partial charge on any atom is -0.355 e. The molecule has 1 aliphatic heterocycles. The SMILES string of the molecule is O=C(Nc1ccc(C(=O)N2CCc3ccccc32)cc1)c1cc(-c2ccccc2)on1. The van der Waals surface area contributed by atoms with E-state index < -0.39 is 0 Å². The number of fused-ring (bicyclic) bond motifs is 1. The van der Waals surface area contributed by atoms with Crippen molar-refractivity contribution in [3.05, 3.63) is 102 Å². The van der Waals surface area contributed by atoms with E-state index in [0.29, 0.717) is 23.6 Å². The summed E-state index contributed by atoms with van der Waals surface area (Å²) in [7, 11) is 0. The Bertz CT molecular complexity index is 1250. The number of benzene rings is 3. The molecule has 6 nitrogen and oxygen atoms in total. The highest BCUT2D eigenvalue weighted by molar-refractivity contribution is 6.08. The van der Waals surface area contributed by atoms with Crippen LogP contribution in [0.3, 0.4) is 0 Å². The highest BCUT2D eigenvalue weighted by Gasteiger charge is 2.25. The van der Waals surface area contributed by atoms with Gasteiger partial charge in [0.05, 0.1) is 0 Å². The second-order valence-corrected chi connectivity index (χ2v) is 7.31. The molecule has 0 fully saturated rings. The number of para-hydroxylation sites is 1. The Balaban J connectivity index is 1.27. The van der Waals surface area contributed by atoms with E-state index in [4.69, 9.17) is 4.52 Å². The van der Waals surface area contributed by atoms with Crippen LogP contribution in [0.5, 0.6) is 0 Å². The number of carbonyl (C=O) groups is 2. The molecule has 2 amide bonds. The normalized spacial score (nSPS) is 12.5. The minimum absolute atomic E-state index is 0.0492. The third kappa shape index (κ3) is 3.71. The summed E-state index contributed by atoms with van der Waals surface area (Å²) in [5.41, 5.74) is 4.33. The molecular weight excluding hydrogens is 390 g/mol. The first-order chi connectivity index (χ1) is 15.2. The van der Waals surface area contributed by atoms with E-state index in [2.05, 4.69) is 10.5 Å². The molecule has 5 rings (SSSR count). The number of rotatable bonds is 4. The summed E-state index contributed by atoms with van der Waals surface area (Å²) in [4.78, 5) is 27.2. The Labute approximate surface area is 179 Å². The van der Waals surface area contributed by atoms with Gasteiger partial charge < -0.3 is 14.7 Å². The van der Waals surface area contributed by atoms with Gasteiger partial charge in [-0.3, -0.25) is 9.59 Å². The lowest BCUT2D eigenvalue weighted by Gasteiger charge is -2.17. The van der Waals surface area contributed by atoms with Gasteiger partial charge in [0, 0.05) is 35.1 Å². The molecule has 0 saturated carbocycles. The van der Waals surface area contributed by atoms with E-state index in [1.54, 1.807) is 35.2 Å². The predicted molar refractivity (Wildman–Crippen MR) is 118 cm³/mol. The zero-order valence-electron chi connectivity index (χ0n) is 16.6. The molecule has 31 heavy (non-hydrogen) atoms. The zero-order chi connectivity index (χ0) is 21.2. The third-order valence-corrected chi connectivity index (χ3v) is 5.32. The number of hydrogen-bond donors (Lipinski definition) is 1. The molecule has 0 saturated heterocycles. The van der Waals surface area contributed by atoms with E-state index in [0.717, 1.165) is 17.7 Å². The van der Waals surface area contributed by atoms with Crippen LogP contribution in [0.1, 0.15) is 26.4 Å². The number of hydrogen-bond acceptors (Lipinski definition) is 4. The van der Waals surface area contributed by atoms with Crippen LogP contribution >= 0.6 is 0 Å². The van der Waals surface area contributed by atoms with Crippen LogP contribution in [-0.4, -0.2) is 23.5 Å². The Kier molecular flexibility index (Phi) is 4.80. The average molecular weight is 409 g/mol. The standard InChI is InChI=1S/C25H19N3O3/c29-24(21-16-23(31-27-21)18-7-2-1-3-8-18)26-20-12-10-19(11-13-20)25(30)28-15-14-17-6-4-5-9-22(17)28/h1-13,16H,14-15H2,(H,26,29). The molecule has 152 valence electrons. The molecule has 0 spiro atoms. The number of amides is 2. The van der Waals surface area contributed by atoms with Gasteiger partial charge in [-0.1, -0.05) is 53.7 Å². The molecule has 0 unspecified atom stereocenters. The van der Waals surface area contributed by atoms with Crippen molar-refractivity contribution >= 4 is 23.2 Å². The Hall–Kier alpha value is -4.19. The molecular formula is C25H19N3O3. The Morgan fingerprint density at radius 3 is 2.45 bits per heavy atom. The summed E-state index contributed by atoms with van der Waals surface area (Å²) < 4.78 is 5.28. The minimum atomic E-state index is -0.376. The maximum atomic E-state index is 12.9. The van der Waals surface area contributed by atoms with Gasteiger partial charge in [-0.15, -0.1) is 0 Å². The summed E-state index contributed by atoms with van der Waals surface area (Å²) in [5, 5.41) is 6.65. The van der Waals surface area contributed by atoms with Crippen molar-refractivity contribution in [2.24, 2.45) is 0 Å². The van der Waals surface area contributed by atoms with E-state index in [9.17, 15) is 9.59 Å². The summed E-state index contributed by atoms with van der Waals surface area (Å²) in [6.07, 6.45) is 0.860. The van der Waals surface area contributed by atoms with Crippen molar-refractivity contribution in [2.45, 2.75) is 6.42 Å². The van der Waals surface area contributed by atoms with Crippen molar-refractivity contribution in [3.8, 4) is 11.3 Å². The zero-order valence-corrected chi connectivity index (χ0v) is 16.6. The molecule has 0 radical (unpaired) electrons. The van der Waals surface area contributed by atoms with Crippen LogP contribution in [0.4, 0.5) is 11.4 Å². The maximum Gasteiger partial charge on any atom is 0.277 e. The third-order valence-electron chi connectivity index (χ3n) is 5.32. The summed E-state index contributed by atoms with van der Waals surface area (Å²) in [6.45, 7) is 0.673. The molecule has 3 aromatic carbocycles. The van der Waals surface area contributed by atoms with E-state index in [1.165, 1.54) is 5.56 Å². The van der Waals surface area contributed by atoms with Crippen molar-refractivity contribution in [1.82, 2.24) is 5.16 Å². The molecule has 6 heteroatoms. The Morgan fingerprint density at radius 2 is 1.65 bits per heavy atom. The van der Waals surface area contributed by atoms with Crippen LogP contribution in [0.25, 0.3) is 11.3 Å². The molecule has 0 atom stereocenters. The lowest BCUT2D eigenvalue weighted by Crippen LogP contribution is -2.28. The summed E-state index contributed by atoms with van der Waals surface area (Å²) >= 11 is 0. The maximum absolute atomic E-state index is 12.9. The molecule has 1 aromatic heterocycles. The van der Waals surface area contributed by atoms with E-state index >= 15 is 0 Å². The van der Waals surface area contributed by atoms with Crippen molar-refractivity contribution in [1.29, 1.82) is 0 Å². The molecule has 1 N–H and O–H groups in total. The molecule has 2 heterocycles. The Morgan fingerprint density at radius 1 is 0.903 bits per heavy atom.